The van der Waals surface area contributed by atoms with Crippen LogP contribution in [0.2, 0.25) is 10.0 Å². The first-order valence-electron chi connectivity index (χ1n) is 5.53. The zero-order valence-electron chi connectivity index (χ0n) is 10.1. The quantitative estimate of drug-likeness (QED) is 0.874. The number of rotatable bonds is 5. The lowest BCUT2D eigenvalue weighted by molar-refractivity contribution is 0.269. The third-order valence-electron chi connectivity index (χ3n) is 2.42. The number of aromatic nitrogens is 2. The summed E-state index contributed by atoms with van der Waals surface area (Å²) in [5.41, 5.74) is 0.296. The SMILES string of the molecule is O=S(=O)(Nc1cnn(CCO)c1)c1ccc(Cl)c(Cl)c1. The zero-order valence-corrected chi connectivity index (χ0v) is 12.5. The minimum Gasteiger partial charge on any atom is -0.394 e. The number of benzene rings is 1. The van der Waals surface area contributed by atoms with Crippen molar-refractivity contribution in [1.29, 1.82) is 0 Å². The second kappa shape index (κ2) is 6.01. The van der Waals surface area contributed by atoms with Gasteiger partial charge in [-0.1, -0.05) is 23.2 Å². The maximum Gasteiger partial charge on any atom is 0.262 e. The summed E-state index contributed by atoms with van der Waals surface area (Å²) in [5.74, 6) is 0. The molecule has 20 heavy (non-hydrogen) atoms. The van der Waals surface area contributed by atoms with Gasteiger partial charge in [0, 0.05) is 6.20 Å². The van der Waals surface area contributed by atoms with E-state index < -0.39 is 10.0 Å². The Hall–Kier alpha value is -1.28. The van der Waals surface area contributed by atoms with Gasteiger partial charge in [0.2, 0.25) is 0 Å². The van der Waals surface area contributed by atoms with Gasteiger partial charge in [-0.2, -0.15) is 5.10 Å². The second-order valence-corrected chi connectivity index (χ2v) is 6.39. The molecule has 1 aromatic heterocycles. The molecule has 0 aliphatic carbocycles. The van der Waals surface area contributed by atoms with Crippen molar-refractivity contribution in [2.24, 2.45) is 0 Å². The summed E-state index contributed by atoms with van der Waals surface area (Å²) in [6, 6.07) is 4.03. The first-order valence-corrected chi connectivity index (χ1v) is 7.77. The molecule has 6 nitrogen and oxygen atoms in total. The highest BCUT2D eigenvalue weighted by Gasteiger charge is 2.16. The van der Waals surface area contributed by atoms with Gasteiger partial charge in [-0.05, 0) is 18.2 Å². The number of aliphatic hydroxyl groups is 1. The molecule has 0 saturated heterocycles. The summed E-state index contributed by atoms with van der Waals surface area (Å²) >= 11 is 11.5. The first kappa shape index (κ1) is 15.1. The summed E-state index contributed by atoms with van der Waals surface area (Å²) < 4.78 is 28.1. The summed E-state index contributed by atoms with van der Waals surface area (Å²) in [6.07, 6.45) is 2.83. The van der Waals surface area contributed by atoms with E-state index >= 15 is 0 Å². The van der Waals surface area contributed by atoms with Crippen molar-refractivity contribution in [1.82, 2.24) is 9.78 Å². The van der Waals surface area contributed by atoms with Gasteiger partial charge in [-0.25, -0.2) is 8.42 Å². The van der Waals surface area contributed by atoms with Crippen molar-refractivity contribution in [2.45, 2.75) is 11.4 Å². The maximum absolute atomic E-state index is 12.1. The highest BCUT2D eigenvalue weighted by molar-refractivity contribution is 7.92. The molecule has 0 amide bonds. The average Bonchev–Trinajstić information content (AvgIpc) is 2.79. The molecule has 108 valence electrons. The fourth-order valence-corrected chi connectivity index (χ4v) is 2.92. The molecule has 0 bridgehead atoms. The lowest BCUT2D eigenvalue weighted by Gasteiger charge is -2.06. The number of nitrogens with zero attached hydrogens (tertiary/aromatic N) is 2. The predicted molar refractivity (Wildman–Crippen MR) is 76.6 cm³/mol. The highest BCUT2D eigenvalue weighted by atomic mass is 35.5. The van der Waals surface area contributed by atoms with Gasteiger partial charge >= 0.3 is 0 Å². The van der Waals surface area contributed by atoms with Gasteiger partial charge < -0.3 is 5.11 Å². The van der Waals surface area contributed by atoms with E-state index in [4.69, 9.17) is 28.3 Å². The Morgan fingerprint density at radius 1 is 1.30 bits per heavy atom. The molecule has 0 saturated carbocycles. The summed E-state index contributed by atoms with van der Waals surface area (Å²) in [5, 5.41) is 13.1. The molecule has 2 N–H and O–H groups in total. The minimum absolute atomic E-state index is 0.00167. The molecule has 0 aliphatic rings. The van der Waals surface area contributed by atoms with Gasteiger partial charge in [-0.3, -0.25) is 9.40 Å². The van der Waals surface area contributed by atoms with E-state index in [1.54, 1.807) is 0 Å². The normalized spacial score (nSPS) is 11.6. The van der Waals surface area contributed by atoms with Crippen LogP contribution in [0.25, 0.3) is 0 Å². The van der Waals surface area contributed by atoms with E-state index in [-0.39, 0.29) is 28.1 Å². The molecule has 0 radical (unpaired) electrons. The van der Waals surface area contributed by atoms with Crippen LogP contribution in [-0.4, -0.2) is 29.9 Å². The number of hydrogen-bond acceptors (Lipinski definition) is 4. The average molecular weight is 336 g/mol. The van der Waals surface area contributed by atoms with Crippen molar-refractivity contribution in [3.05, 3.63) is 40.6 Å². The number of aliphatic hydroxyl groups excluding tert-OH is 1. The van der Waals surface area contributed by atoms with E-state index in [0.717, 1.165) is 0 Å². The van der Waals surface area contributed by atoms with Crippen LogP contribution in [-0.2, 0) is 16.6 Å². The standard InChI is InChI=1S/C11H11Cl2N3O3S/c12-10-2-1-9(5-11(10)13)20(18,19)15-8-6-14-16(7-8)3-4-17/h1-2,5-7,15,17H,3-4H2. The van der Waals surface area contributed by atoms with Gasteiger partial charge in [-0.15, -0.1) is 0 Å². The monoisotopic (exact) mass is 335 g/mol. The van der Waals surface area contributed by atoms with Gasteiger partial charge in [0.25, 0.3) is 10.0 Å². The van der Waals surface area contributed by atoms with Crippen LogP contribution in [0.1, 0.15) is 0 Å². The highest BCUT2D eigenvalue weighted by Crippen LogP contribution is 2.25. The van der Waals surface area contributed by atoms with Crippen LogP contribution in [0.15, 0.2) is 35.5 Å². The Balaban J connectivity index is 2.23. The Bertz CT molecular complexity index is 715. The number of nitrogens with one attached hydrogen (secondary N) is 1. The molecular formula is C11H11Cl2N3O3S. The topological polar surface area (TPSA) is 84.2 Å². The van der Waals surface area contributed by atoms with Crippen LogP contribution in [0, 0.1) is 0 Å². The van der Waals surface area contributed by atoms with E-state index in [9.17, 15) is 8.42 Å². The smallest absolute Gasteiger partial charge is 0.262 e. The van der Waals surface area contributed by atoms with Crippen molar-refractivity contribution in [2.75, 3.05) is 11.3 Å². The fraction of sp³-hybridized carbons (Fsp3) is 0.182. The van der Waals surface area contributed by atoms with Crippen LogP contribution < -0.4 is 4.72 Å². The van der Waals surface area contributed by atoms with Crippen LogP contribution in [0.5, 0.6) is 0 Å². The van der Waals surface area contributed by atoms with Gasteiger partial charge in [0.05, 0.1) is 40.0 Å². The first-order chi connectivity index (χ1) is 9.42. The van der Waals surface area contributed by atoms with Gasteiger partial charge in [0.15, 0.2) is 0 Å². The minimum atomic E-state index is -3.76. The Kier molecular flexibility index (Phi) is 4.54. The number of halogens is 2. The fourth-order valence-electron chi connectivity index (χ4n) is 1.50. The van der Waals surface area contributed by atoms with E-state index in [2.05, 4.69) is 9.82 Å². The molecule has 0 spiro atoms. The van der Waals surface area contributed by atoms with Crippen molar-refractivity contribution < 1.29 is 13.5 Å². The van der Waals surface area contributed by atoms with Crippen molar-refractivity contribution in [3.63, 3.8) is 0 Å². The molecule has 2 rings (SSSR count). The largest absolute Gasteiger partial charge is 0.394 e. The van der Waals surface area contributed by atoms with E-state index in [0.29, 0.717) is 5.69 Å². The molecule has 9 heteroatoms. The van der Waals surface area contributed by atoms with Crippen LogP contribution in [0.3, 0.4) is 0 Å². The molecule has 2 aromatic rings. The maximum atomic E-state index is 12.1. The van der Waals surface area contributed by atoms with Crippen LogP contribution >= 0.6 is 23.2 Å². The predicted octanol–water partition coefficient (Wildman–Crippen LogP) is 1.98. The second-order valence-electron chi connectivity index (χ2n) is 3.90. The molecule has 1 aromatic carbocycles. The van der Waals surface area contributed by atoms with E-state index in [1.165, 1.54) is 35.3 Å². The van der Waals surface area contributed by atoms with Crippen LogP contribution in [0.4, 0.5) is 5.69 Å². The summed E-state index contributed by atoms with van der Waals surface area (Å²) in [4.78, 5) is 0.00167. The number of sulfonamides is 1. The third-order valence-corrected chi connectivity index (χ3v) is 4.53. The van der Waals surface area contributed by atoms with E-state index in [1.807, 2.05) is 0 Å². The Morgan fingerprint density at radius 2 is 2.05 bits per heavy atom. The molecule has 0 unspecified atom stereocenters. The van der Waals surface area contributed by atoms with Crippen molar-refractivity contribution in [3.8, 4) is 0 Å². The number of anilines is 1. The molecule has 0 fully saturated rings. The molecular weight excluding hydrogens is 325 g/mol. The lowest BCUT2D eigenvalue weighted by atomic mass is 10.4. The van der Waals surface area contributed by atoms with Gasteiger partial charge in [0.1, 0.15) is 0 Å². The zero-order chi connectivity index (χ0) is 14.8. The third kappa shape index (κ3) is 3.43. The summed E-state index contributed by atoms with van der Waals surface area (Å²) in [7, 11) is -3.76. The lowest BCUT2D eigenvalue weighted by Crippen LogP contribution is -2.12. The summed E-state index contributed by atoms with van der Waals surface area (Å²) in [6.45, 7) is 0.204. The molecule has 0 atom stereocenters. The number of hydrogen-bond donors (Lipinski definition) is 2. The Labute approximate surface area is 126 Å². The molecule has 0 aliphatic heterocycles. The van der Waals surface area contributed by atoms with Crippen molar-refractivity contribution >= 4 is 38.9 Å². The Morgan fingerprint density at radius 3 is 2.70 bits per heavy atom. The molecule has 1 heterocycles.